The van der Waals surface area contributed by atoms with Gasteiger partial charge in [0.2, 0.25) is 0 Å². The maximum atomic E-state index is 13.3. The van der Waals surface area contributed by atoms with Crippen LogP contribution in [0.5, 0.6) is 0 Å². The molecule has 29 heavy (non-hydrogen) atoms. The second kappa shape index (κ2) is 7.28. The summed E-state index contributed by atoms with van der Waals surface area (Å²) in [4.78, 5) is 20.5. The predicted molar refractivity (Wildman–Crippen MR) is 106 cm³/mol. The summed E-state index contributed by atoms with van der Waals surface area (Å²) in [6.07, 6.45) is -0.0980. The first-order valence-electron chi connectivity index (χ1n) is 8.74. The molecule has 0 bridgehead atoms. The number of nitrogens with one attached hydrogen (secondary N) is 1. The molecule has 0 spiro atoms. The van der Waals surface area contributed by atoms with Gasteiger partial charge in [-0.1, -0.05) is 12.1 Å². The molecule has 0 aliphatic rings. The first-order valence-corrected chi connectivity index (χ1v) is 8.74. The van der Waals surface area contributed by atoms with Crippen LogP contribution in [-0.4, -0.2) is 30.8 Å². The van der Waals surface area contributed by atoms with E-state index in [0.29, 0.717) is 33.9 Å². The summed E-state index contributed by atoms with van der Waals surface area (Å²) in [5.41, 5.74) is 9.29. The molecule has 1 amide bonds. The van der Waals surface area contributed by atoms with Gasteiger partial charge in [0, 0.05) is 5.69 Å². The molecule has 8 nitrogen and oxygen atoms in total. The molecule has 4 rings (SSSR count). The molecule has 2 aromatic heterocycles. The summed E-state index contributed by atoms with van der Waals surface area (Å²) >= 11 is 0. The lowest BCUT2D eigenvalue weighted by Crippen LogP contribution is -2.20. The van der Waals surface area contributed by atoms with Crippen LogP contribution >= 0.6 is 0 Å². The topological polar surface area (TPSA) is 119 Å². The molecule has 4 aromatic rings. The lowest BCUT2D eigenvalue weighted by atomic mass is 10.1. The summed E-state index contributed by atoms with van der Waals surface area (Å²) < 4.78 is 14.9. The molecule has 4 N–H and O–H groups in total. The van der Waals surface area contributed by atoms with Gasteiger partial charge in [-0.25, -0.2) is 19.0 Å². The Labute approximate surface area is 164 Å². The maximum absolute atomic E-state index is 13.3. The number of anilines is 2. The van der Waals surface area contributed by atoms with E-state index in [4.69, 9.17) is 5.73 Å². The summed E-state index contributed by atoms with van der Waals surface area (Å²) in [5, 5.41) is 17.2. The fourth-order valence-corrected chi connectivity index (χ4v) is 3.02. The van der Waals surface area contributed by atoms with Gasteiger partial charge >= 0.3 is 0 Å². The average Bonchev–Trinajstić information content (AvgIpc) is 3.06. The van der Waals surface area contributed by atoms with Crippen LogP contribution in [0.15, 0.2) is 54.9 Å². The highest BCUT2D eigenvalue weighted by Gasteiger charge is 2.18. The van der Waals surface area contributed by atoms with E-state index >= 15 is 0 Å². The first-order chi connectivity index (χ1) is 13.9. The zero-order chi connectivity index (χ0) is 20.5. The first kappa shape index (κ1) is 18.5. The van der Waals surface area contributed by atoms with Crippen LogP contribution in [-0.2, 0) is 4.79 Å². The van der Waals surface area contributed by atoms with Crippen LogP contribution in [0, 0.1) is 12.7 Å². The number of halogens is 1. The highest BCUT2D eigenvalue weighted by atomic mass is 19.1. The van der Waals surface area contributed by atoms with Crippen LogP contribution in [0.25, 0.3) is 16.7 Å². The molecule has 0 aliphatic heterocycles. The standard InChI is InChI=1S/C20H17FN6O2/c1-11-16-17(19(22)24-10-23-16)27(26-11)15-7-5-14(6-8-15)25-20(29)18(28)12-3-2-4-13(21)9-12/h2-10,18,28H,1H3,(H,25,29)(H2,22,23,24). The van der Waals surface area contributed by atoms with Gasteiger partial charge in [-0.05, 0) is 48.9 Å². The van der Waals surface area contributed by atoms with Gasteiger partial charge in [-0.2, -0.15) is 5.10 Å². The third-order valence-electron chi connectivity index (χ3n) is 4.45. The summed E-state index contributed by atoms with van der Waals surface area (Å²) in [5.74, 6) is -0.878. The van der Waals surface area contributed by atoms with Crippen molar-refractivity contribution in [3.05, 3.63) is 71.9 Å². The van der Waals surface area contributed by atoms with Gasteiger partial charge in [-0.3, -0.25) is 4.79 Å². The average molecular weight is 392 g/mol. The number of benzene rings is 2. The number of carbonyl (C=O) groups is 1. The number of nitrogens with two attached hydrogens (primary N) is 1. The van der Waals surface area contributed by atoms with Crippen molar-refractivity contribution in [1.29, 1.82) is 0 Å². The molecule has 146 valence electrons. The second-order valence-electron chi connectivity index (χ2n) is 6.45. The van der Waals surface area contributed by atoms with Crippen molar-refractivity contribution < 1.29 is 14.3 Å². The lowest BCUT2D eigenvalue weighted by Gasteiger charge is -2.12. The molecule has 1 atom stereocenters. The molecule has 0 aliphatic carbocycles. The van der Waals surface area contributed by atoms with E-state index in [0.717, 1.165) is 6.07 Å². The van der Waals surface area contributed by atoms with E-state index in [1.54, 1.807) is 28.9 Å². The third-order valence-corrected chi connectivity index (χ3v) is 4.45. The zero-order valence-corrected chi connectivity index (χ0v) is 15.4. The van der Waals surface area contributed by atoms with Crippen molar-refractivity contribution in [2.75, 3.05) is 11.1 Å². The fourth-order valence-electron chi connectivity index (χ4n) is 3.02. The fraction of sp³-hybridized carbons (Fsp3) is 0.100. The number of hydrogen-bond donors (Lipinski definition) is 3. The van der Waals surface area contributed by atoms with Gasteiger partial charge in [-0.15, -0.1) is 0 Å². The minimum absolute atomic E-state index is 0.174. The number of aryl methyl sites for hydroxylation is 1. The third kappa shape index (κ3) is 3.50. The minimum Gasteiger partial charge on any atom is -0.382 e. The molecule has 9 heteroatoms. The van der Waals surface area contributed by atoms with Crippen molar-refractivity contribution in [3.63, 3.8) is 0 Å². The van der Waals surface area contributed by atoms with Crippen LogP contribution in [0.4, 0.5) is 15.9 Å². The smallest absolute Gasteiger partial charge is 0.257 e. The van der Waals surface area contributed by atoms with Gasteiger partial charge in [0.15, 0.2) is 11.9 Å². The molecular weight excluding hydrogens is 375 g/mol. The van der Waals surface area contributed by atoms with Crippen molar-refractivity contribution in [3.8, 4) is 5.69 Å². The number of nitrogen functional groups attached to an aromatic ring is 1. The minimum atomic E-state index is -1.49. The number of amides is 1. The SMILES string of the molecule is Cc1nn(-c2ccc(NC(=O)C(O)c3cccc(F)c3)cc2)c2c(N)ncnc12. The van der Waals surface area contributed by atoms with E-state index in [1.807, 2.05) is 6.92 Å². The van der Waals surface area contributed by atoms with Crippen molar-refractivity contribution >= 4 is 28.4 Å². The lowest BCUT2D eigenvalue weighted by molar-refractivity contribution is -0.124. The molecule has 2 aromatic carbocycles. The van der Waals surface area contributed by atoms with Crippen molar-refractivity contribution in [1.82, 2.24) is 19.7 Å². The number of fused-ring (bicyclic) bond motifs is 1. The van der Waals surface area contributed by atoms with E-state index in [2.05, 4.69) is 20.4 Å². The molecule has 1 unspecified atom stereocenters. The van der Waals surface area contributed by atoms with Gasteiger partial charge in [0.05, 0.1) is 11.4 Å². The van der Waals surface area contributed by atoms with E-state index in [1.165, 1.54) is 24.5 Å². The molecular formula is C20H17FN6O2. The highest BCUT2D eigenvalue weighted by Crippen LogP contribution is 2.24. The summed E-state index contributed by atoms with van der Waals surface area (Å²) in [7, 11) is 0. The second-order valence-corrected chi connectivity index (χ2v) is 6.45. The van der Waals surface area contributed by atoms with Gasteiger partial charge in [0.25, 0.3) is 5.91 Å². The number of carbonyl (C=O) groups excluding carboxylic acids is 1. The largest absolute Gasteiger partial charge is 0.382 e. The molecule has 2 heterocycles. The van der Waals surface area contributed by atoms with Crippen LogP contribution in [0.2, 0.25) is 0 Å². The van der Waals surface area contributed by atoms with Crippen LogP contribution in [0.3, 0.4) is 0 Å². The Bertz CT molecular complexity index is 1210. The normalized spacial score (nSPS) is 12.1. The Morgan fingerprint density at radius 3 is 2.69 bits per heavy atom. The number of rotatable bonds is 4. The Balaban J connectivity index is 1.57. The Hall–Kier alpha value is -3.85. The quantitative estimate of drug-likeness (QED) is 0.491. The van der Waals surface area contributed by atoms with E-state index < -0.39 is 17.8 Å². The monoisotopic (exact) mass is 392 g/mol. The Morgan fingerprint density at radius 2 is 1.97 bits per heavy atom. The molecule has 0 saturated carbocycles. The van der Waals surface area contributed by atoms with Crippen molar-refractivity contribution in [2.24, 2.45) is 0 Å². The number of nitrogens with zero attached hydrogens (tertiary/aromatic N) is 4. The number of aromatic nitrogens is 4. The molecule has 0 saturated heterocycles. The van der Waals surface area contributed by atoms with E-state index in [9.17, 15) is 14.3 Å². The maximum Gasteiger partial charge on any atom is 0.257 e. The Kier molecular flexibility index (Phi) is 4.65. The summed E-state index contributed by atoms with van der Waals surface area (Å²) in [6.45, 7) is 1.83. The highest BCUT2D eigenvalue weighted by molar-refractivity contribution is 5.94. The zero-order valence-electron chi connectivity index (χ0n) is 15.4. The number of aliphatic hydroxyl groups is 1. The van der Waals surface area contributed by atoms with Crippen LogP contribution in [0.1, 0.15) is 17.4 Å². The molecule has 0 fully saturated rings. The van der Waals surface area contributed by atoms with E-state index in [-0.39, 0.29) is 5.56 Å². The summed E-state index contributed by atoms with van der Waals surface area (Å²) in [6, 6.07) is 12.1. The Morgan fingerprint density at radius 1 is 1.21 bits per heavy atom. The van der Waals surface area contributed by atoms with Crippen molar-refractivity contribution in [2.45, 2.75) is 13.0 Å². The van der Waals surface area contributed by atoms with Gasteiger partial charge < -0.3 is 16.2 Å². The van der Waals surface area contributed by atoms with Gasteiger partial charge in [0.1, 0.15) is 23.2 Å². The van der Waals surface area contributed by atoms with Crippen LogP contribution < -0.4 is 11.1 Å². The number of hydrogen-bond acceptors (Lipinski definition) is 6. The number of aliphatic hydroxyl groups excluding tert-OH is 1. The molecule has 0 radical (unpaired) electrons. The predicted octanol–water partition coefficient (Wildman–Crippen LogP) is 2.52.